The molecular weight excluding hydrogens is 284 g/mol. The Hall–Kier alpha value is -1.84. The fraction of sp³-hybridized carbons (Fsp3) is 0.444. The molecule has 4 heteroatoms. The van der Waals surface area contributed by atoms with E-state index in [2.05, 4.69) is 20.4 Å². The highest BCUT2D eigenvalue weighted by molar-refractivity contribution is 5.65. The van der Waals surface area contributed by atoms with E-state index in [1.54, 1.807) is 14.0 Å². The van der Waals surface area contributed by atoms with E-state index in [0.717, 1.165) is 29.7 Å². The maximum Gasteiger partial charge on any atom is 0.162 e. The molecule has 0 fully saturated rings. The predicted molar refractivity (Wildman–Crippen MR) is 85.9 cm³/mol. The highest BCUT2D eigenvalue weighted by Gasteiger charge is 2.27. The Balaban J connectivity index is 2.61. The topological polar surface area (TPSA) is 12.5 Å². The summed E-state index contributed by atoms with van der Waals surface area (Å²) in [6, 6.07) is 1.53. The van der Waals surface area contributed by atoms with Gasteiger partial charge in [0.2, 0.25) is 0 Å². The van der Waals surface area contributed by atoms with Crippen molar-refractivity contribution in [2.75, 3.05) is 12.0 Å². The van der Waals surface area contributed by atoms with Crippen molar-refractivity contribution in [3.8, 4) is 0 Å². The second kappa shape index (κ2) is 6.51. The van der Waals surface area contributed by atoms with Crippen LogP contribution in [-0.2, 0) is 11.2 Å². The molecular formula is C18H23F2NO. The minimum absolute atomic E-state index is 0.225. The zero-order chi connectivity index (χ0) is 16.4. The lowest BCUT2D eigenvalue weighted by molar-refractivity contribution is 0.300. The number of hydrogen-bond donors (Lipinski definition) is 0. The minimum atomic E-state index is -0.797. The van der Waals surface area contributed by atoms with E-state index >= 15 is 0 Å². The van der Waals surface area contributed by atoms with E-state index in [1.807, 2.05) is 11.1 Å². The molecule has 0 saturated carbocycles. The molecule has 0 amide bonds. The Labute approximate surface area is 131 Å². The molecule has 0 unspecified atom stereocenters. The van der Waals surface area contributed by atoms with Gasteiger partial charge >= 0.3 is 0 Å². The number of rotatable bonds is 5. The van der Waals surface area contributed by atoms with E-state index in [9.17, 15) is 8.78 Å². The monoisotopic (exact) mass is 307 g/mol. The van der Waals surface area contributed by atoms with Crippen molar-refractivity contribution < 1.29 is 13.5 Å². The first-order valence-corrected chi connectivity index (χ1v) is 7.64. The van der Waals surface area contributed by atoms with Gasteiger partial charge in [-0.2, -0.15) is 0 Å². The van der Waals surface area contributed by atoms with Crippen LogP contribution >= 0.6 is 0 Å². The third kappa shape index (κ3) is 2.74. The van der Waals surface area contributed by atoms with Gasteiger partial charge in [0, 0.05) is 36.0 Å². The summed E-state index contributed by atoms with van der Waals surface area (Å²) in [6.45, 7) is 9.71. The van der Waals surface area contributed by atoms with Gasteiger partial charge in [-0.3, -0.25) is 0 Å². The Morgan fingerprint density at radius 3 is 2.55 bits per heavy atom. The summed E-state index contributed by atoms with van der Waals surface area (Å²) in [7, 11) is 1.57. The Morgan fingerprint density at radius 2 is 2.00 bits per heavy atom. The predicted octanol–water partition coefficient (Wildman–Crippen LogP) is 4.87. The Morgan fingerprint density at radius 1 is 1.36 bits per heavy atom. The SMILES string of the molecule is C=C(OC)C1=CN(C(CC)CC)c2cc(F)c(F)c(C)c2C1. The third-order valence-corrected chi connectivity index (χ3v) is 4.44. The molecule has 0 atom stereocenters. The number of anilines is 1. The van der Waals surface area contributed by atoms with Crippen LogP contribution in [0.5, 0.6) is 0 Å². The summed E-state index contributed by atoms with van der Waals surface area (Å²) in [6.07, 6.45) is 4.29. The van der Waals surface area contributed by atoms with Crippen LogP contribution in [0.2, 0.25) is 0 Å². The van der Waals surface area contributed by atoms with Crippen LogP contribution in [0, 0.1) is 18.6 Å². The fourth-order valence-electron chi connectivity index (χ4n) is 2.99. The summed E-state index contributed by atoms with van der Waals surface area (Å²) in [5, 5.41) is 0. The molecule has 1 aliphatic heterocycles. The number of methoxy groups -OCH3 is 1. The summed E-state index contributed by atoms with van der Waals surface area (Å²) in [4.78, 5) is 2.04. The molecule has 22 heavy (non-hydrogen) atoms. The van der Waals surface area contributed by atoms with Crippen LogP contribution in [0.4, 0.5) is 14.5 Å². The van der Waals surface area contributed by atoms with Crippen molar-refractivity contribution >= 4 is 5.69 Å². The molecule has 2 rings (SSSR count). The number of halogens is 2. The fourth-order valence-corrected chi connectivity index (χ4v) is 2.99. The summed E-state index contributed by atoms with van der Waals surface area (Å²) in [5.41, 5.74) is 2.82. The summed E-state index contributed by atoms with van der Waals surface area (Å²) >= 11 is 0. The average Bonchev–Trinajstić information content (AvgIpc) is 2.53. The standard InChI is InChI=1S/C18H23F2NO/c1-6-14(7-2)21-10-13(12(4)22-5)8-15-11(3)18(20)16(19)9-17(15)21/h9-10,14H,4,6-8H2,1-3,5H3. The number of fused-ring (bicyclic) bond motifs is 1. The van der Waals surface area contributed by atoms with Gasteiger partial charge in [0.05, 0.1) is 7.11 Å². The van der Waals surface area contributed by atoms with E-state index in [-0.39, 0.29) is 6.04 Å². The highest BCUT2D eigenvalue weighted by atomic mass is 19.2. The highest BCUT2D eigenvalue weighted by Crippen LogP contribution is 2.37. The lowest BCUT2D eigenvalue weighted by Crippen LogP contribution is -2.33. The van der Waals surface area contributed by atoms with Crippen LogP contribution in [0.25, 0.3) is 0 Å². The first-order chi connectivity index (χ1) is 10.4. The second-order valence-electron chi connectivity index (χ2n) is 5.63. The molecule has 2 nitrogen and oxygen atoms in total. The minimum Gasteiger partial charge on any atom is -0.497 e. The Kier molecular flexibility index (Phi) is 4.89. The normalized spacial score (nSPS) is 14.0. The lowest BCUT2D eigenvalue weighted by atomic mass is 9.92. The van der Waals surface area contributed by atoms with Crippen molar-refractivity contribution in [2.45, 2.75) is 46.1 Å². The first kappa shape index (κ1) is 16.5. The second-order valence-corrected chi connectivity index (χ2v) is 5.63. The van der Waals surface area contributed by atoms with Crippen molar-refractivity contribution in [3.05, 3.63) is 52.9 Å². The molecule has 0 saturated heterocycles. The molecule has 120 valence electrons. The van der Waals surface area contributed by atoms with Gasteiger partial charge in [-0.1, -0.05) is 20.4 Å². The van der Waals surface area contributed by atoms with Crippen LogP contribution in [0.3, 0.4) is 0 Å². The van der Waals surface area contributed by atoms with Gasteiger partial charge < -0.3 is 9.64 Å². The maximum absolute atomic E-state index is 14.0. The van der Waals surface area contributed by atoms with Gasteiger partial charge in [0.15, 0.2) is 11.6 Å². The van der Waals surface area contributed by atoms with E-state index < -0.39 is 11.6 Å². The number of allylic oxidation sites excluding steroid dienone is 1. The largest absolute Gasteiger partial charge is 0.497 e. The van der Waals surface area contributed by atoms with Crippen LogP contribution in [0.1, 0.15) is 37.8 Å². The van der Waals surface area contributed by atoms with Gasteiger partial charge in [-0.05, 0) is 30.9 Å². The van der Waals surface area contributed by atoms with Crippen molar-refractivity contribution in [2.24, 2.45) is 0 Å². The van der Waals surface area contributed by atoms with Crippen LogP contribution < -0.4 is 4.90 Å². The lowest BCUT2D eigenvalue weighted by Gasteiger charge is -2.36. The van der Waals surface area contributed by atoms with Gasteiger partial charge in [0.1, 0.15) is 5.76 Å². The summed E-state index contributed by atoms with van der Waals surface area (Å²) < 4.78 is 33.1. The smallest absolute Gasteiger partial charge is 0.162 e. The van der Waals surface area contributed by atoms with E-state index in [4.69, 9.17) is 4.74 Å². The summed E-state index contributed by atoms with van der Waals surface area (Å²) in [5.74, 6) is -1.01. The van der Waals surface area contributed by atoms with Crippen molar-refractivity contribution in [1.29, 1.82) is 0 Å². The van der Waals surface area contributed by atoms with E-state index in [1.165, 1.54) is 6.07 Å². The zero-order valence-electron chi connectivity index (χ0n) is 13.7. The average molecular weight is 307 g/mol. The molecule has 0 spiro atoms. The number of nitrogens with zero attached hydrogens (tertiary/aromatic N) is 1. The van der Waals surface area contributed by atoms with Crippen LogP contribution in [-0.4, -0.2) is 13.2 Å². The van der Waals surface area contributed by atoms with Crippen LogP contribution in [0.15, 0.2) is 30.2 Å². The zero-order valence-corrected chi connectivity index (χ0v) is 13.7. The van der Waals surface area contributed by atoms with Crippen molar-refractivity contribution in [1.82, 2.24) is 0 Å². The molecule has 1 heterocycles. The molecule has 1 aliphatic rings. The van der Waals surface area contributed by atoms with Gasteiger partial charge in [-0.15, -0.1) is 0 Å². The molecule has 0 bridgehead atoms. The Bertz CT molecular complexity index is 618. The molecule has 1 aromatic rings. The third-order valence-electron chi connectivity index (χ3n) is 4.44. The van der Waals surface area contributed by atoms with E-state index in [0.29, 0.717) is 17.7 Å². The number of benzene rings is 1. The van der Waals surface area contributed by atoms with Gasteiger partial charge in [0.25, 0.3) is 0 Å². The first-order valence-electron chi connectivity index (χ1n) is 7.64. The quantitative estimate of drug-likeness (QED) is 0.720. The van der Waals surface area contributed by atoms with Gasteiger partial charge in [-0.25, -0.2) is 8.78 Å². The molecule has 0 radical (unpaired) electrons. The maximum atomic E-state index is 14.0. The molecule has 0 aromatic heterocycles. The number of ether oxygens (including phenoxy) is 1. The molecule has 0 N–H and O–H groups in total. The molecule has 1 aromatic carbocycles. The number of hydrogen-bond acceptors (Lipinski definition) is 2. The van der Waals surface area contributed by atoms with Crippen molar-refractivity contribution in [3.63, 3.8) is 0 Å². The molecule has 0 aliphatic carbocycles.